The Morgan fingerprint density at radius 3 is 2.93 bits per heavy atom. The van der Waals surface area contributed by atoms with Crippen LogP contribution in [0.15, 0.2) is 39.2 Å². The van der Waals surface area contributed by atoms with Crippen LogP contribution >= 0.6 is 22.9 Å². The maximum atomic E-state index is 13.0. The summed E-state index contributed by atoms with van der Waals surface area (Å²) in [6.07, 6.45) is 1.74. The fourth-order valence-electron chi connectivity index (χ4n) is 4.40. The normalized spacial score (nSPS) is 15.8. The summed E-state index contributed by atoms with van der Waals surface area (Å²) >= 11 is 7.57. The predicted molar refractivity (Wildman–Crippen MR) is 116 cm³/mol. The number of H-pyrrole nitrogens is 1. The van der Waals surface area contributed by atoms with E-state index in [1.165, 1.54) is 15.9 Å². The third kappa shape index (κ3) is 2.74. The lowest BCUT2D eigenvalue weighted by molar-refractivity contribution is 0.495. The van der Waals surface area contributed by atoms with Crippen molar-refractivity contribution in [3.8, 4) is 17.3 Å². The van der Waals surface area contributed by atoms with Gasteiger partial charge < -0.3 is 4.57 Å². The van der Waals surface area contributed by atoms with E-state index in [-0.39, 0.29) is 5.92 Å². The van der Waals surface area contributed by atoms with Crippen molar-refractivity contribution in [1.29, 1.82) is 5.26 Å². The molecular weight excluding hydrogens is 422 g/mol. The molecule has 9 heteroatoms. The minimum Gasteiger partial charge on any atom is -0.341 e. The van der Waals surface area contributed by atoms with Crippen LogP contribution in [0.25, 0.3) is 22.2 Å². The monoisotopic (exact) mass is 437 g/mol. The number of nitrogens with one attached hydrogen (secondary N) is 1. The highest BCUT2D eigenvalue weighted by Crippen LogP contribution is 2.43. The number of benzene rings is 1. The lowest BCUT2D eigenvalue weighted by Crippen LogP contribution is -2.28. The summed E-state index contributed by atoms with van der Waals surface area (Å²) in [6.45, 7) is 0.708. The molecule has 0 saturated heterocycles. The molecule has 3 aromatic heterocycles. The zero-order valence-corrected chi connectivity index (χ0v) is 17.5. The minimum atomic E-state index is -0.459. The zero-order chi connectivity index (χ0) is 21.0. The van der Waals surface area contributed by atoms with Crippen LogP contribution in [0.4, 0.5) is 0 Å². The van der Waals surface area contributed by atoms with E-state index in [1.807, 2.05) is 6.07 Å². The average Bonchev–Trinajstić information content (AvgIpc) is 3.33. The second-order valence-corrected chi connectivity index (χ2v) is 8.60. The van der Waals surface area contributed by atoms with Crippen molar-refractivity contribution in [3.63, 3.8) is 0 Å². The van der Waals surface area contributed by atoms with Gasteiger partial charge in [0.05, 0.1) is 39.8 Å². The van der Waals surface area contributed by atoms with E-state index in [4.69, 9.17) is 11.6 Å². The molecule has 1 atom stereocenters. The van der Waals surface area contributed by atoms with Gasteiger partial charge in [0.15, 0.2) is 0 Å². The lowest BCUT2D eigenvalue weighted by atomic mass is 9.96. The van der Waals surface area contributed by atoms with E-state index in [0.29, 0.717) is 28.2 Å². The van der Waals surface area contributed by atoms with Crippen LogP contribution in [-0.4, -0.2) is 19.1 Å². The number of fused-ring (bicyclic) bond motifs is 3. The van der Waals surface area contributed by atoms with Gasteiger partial charge >= 0.3 is 5.69 Å². The maximum Gasteiger partial charge on any atom is 0.328 e. The van der Waals surface area contributed by atoms with Crippen molar-refractivity contribution in [3.05, 3.63) is 71.9 Å². The molecular formula is C21H16ClN5O2S. The van der Waals surface area contributed by atoms with Gasteiger partial charge in [-0.15, -0.1) is 11.3 Å². The van der Waals surface area contributed by atoms with E-state index in [2.05, 4.69) is 20.6 Å². The molecule has 1 aliphatic rings. The van der Waals surface area contributed by atoms with Gasteiger partial charge in [0.1, 0.15) is 10.2 Å². The first-order valence-electron chi connectivity index (χ1n) is 9.46. The first-order valence-corrected chi connectivity index (χ1v) is 10.7. The molecule has 7 nitrogen and oxygen atoms in total. The number of thiazole rings is 1. The minimum absolute atomic E-state index is 0.0703. The molecule has 0 aliphatic carbocycles. The summed E-state index contributed by atoms with van der Waals surface area (Å²) in [7, 11) is 1.66. The Balaban J connectivity index is 1.93. The maximum absolute atomic E-state index is 13.0. The second-order valence-electron chi connectivity index (χ2n) is 7.32. The van der Waals surface area contributed by atoms with Crippen molar-refractivity contribution >= 4 is 33.8 Å². The summed E-state index contributed by atoms with van der Waals surface area (Å²) in [4.78, 5) is 32.3. The summed E-state index contributed by atoms with van der Waals surface area (Å²) < 4.78 is 3.60. The number of hydrogen-bond acceptors (Lipinski definition) is 5. The molecule has 0 fully saturated rings. The van der Waals surface area contributed by atoms with E-state index in [0.717, 1.165) is 34.8 Å². The average molecular weight is 438 g/mol. The number of aryl methyl sites for hydroxylation is 1. The molecule has 30 heavy (non-hydrogen) atoms. The van der Waals surface area contributed by atoms with E-state index in [9.17, 15) is 14.9 Å². The van der Waals surface area contributed by atoms with Gasteiger partial charge in [0.25, 0.3) is 5.56 Å². The van der Waals surface area contributed by atoms with Crippen molar-refractivity contribution in [2.75, 3.05) is 0 Å². The van der Waals surface area contributed by atoms with Gasteiger partial charge in [0, 0.05) is 24.5 Å². The summed E-state index contributed by atoms with van der Waals surface area (Å²) in [6, 6.07) is 9.35. The van der Waals surface area contributed by atoms with Gasteiger partial charge in [0.2, 0.25) is 0 Å². The number of hydrogen-bond donors (Lipinski definition) is 1. The summed E-state index contributed by atoms with van der Waals surface area (Å²) in [5.74, 6) is -0.0703. The number of rotatable bonds is 2. The smallest absolute Gasteiger partial charge is 0.328 e. The van der Waals surface area contributed by atoms with E-state index >= 15 is 0 Å². The molecule has 1 N–H and O–H groups in total. The van der Waals surface area contributed by atoms with Gasteiger partial charge in [-0.25, -0.2) is 9.78 Å². The molecule has 5 rings (SSSR count). The zero-order valence-electron chi connectivity index (χ0n) is 16.0. The van der Waals surface area contributed by atoms with Crippen molar-refractivity contribution in [2.24, 2.45) is 7.05 Å². The topological polar surface area (TPSA) is 96.5 Å². The number of nitrogens with zero attached hydrogens (tertiary/aromatic N) is 4. The highest BCUT2D eigenvalue weighted by Gasteiger charge is 2.33. The van der Waals surface area contributed by atoms with Crippen LogP contribution in [0.5, 0.6) is 0 Å². The van der Waals surface area contributed by atoms with Gasteiger partial charge in [-0.3, -0.25) is 14.3 Å². The van der Waals surface area contributed by atoms with Crippen LogP contribution < -0.4 is 11.2 Å². The Morgan fingerprint density at radius 1 is 1.37 bits per heavy atom. The molecule has 1 aliphatic heterocycles. The highest BCUT2D eigenvalue weighted by molar-refractivity contribution is 7.10. The van der Waals surface area contributed by atoms with Gasteiger partial charge in [-0.05, 0) is 25.0 Å². The standard InChI is InChI=1S/C21H16ClN5O2S/c1-26-18-15(19(28)25-21(26)29)16(12-5-2-4-11(8-12)9-23)27-7-3-6-13(17(18)27)20-24-14(22)10-30-20/h2,4-5,8,10,13H,3,6-7H2,1H3,(H,25,28,29). The molecule has 1 unspecified atom stereocenters. The molecule has 4 aromatic rings. The van der Waals surface area contributed by atoms with Crippen LogP contribution in [0.1, 0.15) is 35.0 Å². The quantitative estimate of drug-likeness (QED) is 0.518. The third-order valence-corrected chi connectivity index (χ3v) is 6.91. The largest absolute Gasteiger partial charge is 0.341 e. The number of aromatic nitrogens is 4. The first-order chi connectivity index (χ1) is 14.5. The lowest BCUT2D eigenvalue weighted by Gasteiger charge is -2.25. The molecule has 0 amide bonds. The first kappa shape index (κ1) is 18.9. The second kappa shape index (κ2) is 6.97. The summed E-state index contributed by atoms with van der Waals surface area (Å²) in [5.41, 5.74) is 2.62. The number of aromatic amines is 1. The Kier molecular flexibility index (Phi) is 4.38. The van der Waals surface area contributed by atoms with Crippen LogP contribution in [0, 0.1) is 11.3 Å². The highest BCUT2D eigenvalue weighted by atomic mass is 35.5. The third-order valence-electron chi connectivity index (χ3n) is 5.63. The van der Waals surface area contributed by atoms with E-state index in [1.54, 1.807) is 30.6 Å². The van der Waals surface area contributed by atoms with Gasteiger partial charge in [-0.1, -0.05) is 23.7 Å². The predicted octanol–water partition coefficient (Wildman–Crippen LogP) is 3.60. The Hall–Kier alpha value is -3.15. The molecule has 0 radical (unpaired) electrons. The molecule has 4 heterocycles. The number of halogens is 1. The molecule has 0 saturated carbocycles. The van der Waals surface area contributed by atoms with Crippen molar-refractivity contribution < 1.29 is 0 Å². The molecule has 150 valence electrons. The van der Waals surface area contributed by atoms with E-state index < -0.39 is 11.2 Å². The SMILES string of the molecule is Cn1c(=O)[nH]c(=O)c2c(-c3cccc(C#N)c3)n3c(c21)C(c1nc(Cl)cs1)CCC3. The van der Waals surface area contributed by atoms with Crippen LogP contribution in [0.3, 0.4) is 0 Å². The van der Waals surface area contributed by atoms with Crippen molar-refractivity contribution in [2.45, 2.75) is 25.3 Å². The Bertz CT molecular complexity index is 1470. The summed E-state index contributed by atoms with van der Waals surface area (Å²) in [5, 5.41) is 12.9. The Morgan fingerprint density at radius 2 is 2.20 bits per heavy atom. The Labute approximate surface area is 179 Å². The molecule has 0 bridgehead atoms. The fourth-order valence-corrected chi connectivity index (χ4v) is 5.49. The van der Waals surface area contributed by atoms with Crippen molar-refractivity contribution in [1.82, 2.24) is 19.1 Å². The molecule has 0 spiro atoms. The van der Waals surface area contributed by atoms with Crippen LogP contribution in [0.2, 0.25) is 5.15 Å². The fraction of sp³-hybridized carbons (Fsp3) is 0.238. The van der Waals surface area contributed by atoms with Gasteiger partial charge in [-0.2, -0.15) is 5.26 Å². The molecule has 1 aromatic carbocycles. The number of nitriles is 1. The van der Waals surface area contributed by atoms with Crippen LogP contribution in [-0.2, 0) is 13.6 Å².